The van der Waals surface area contributed by atoms with Gasteiger partial charge in [0.2, 0.25) is 0 Å². The molecule has 0 N–H and O–H groups in total. The maximum Gasteiger partial charge on any atom is 0.164 e. The lowest BCUT2D eigenvalue weighted by molar-refractivity contribution is 1.07. The van der Waals surface area contributed by atoms with E-state index in [1.165, 1.54) is 98.8 Å². The second-order valence-corrected chi connectivity index (χ2v) is 37.0. The number of aromatic nitrogens is 12. The van der Waals surface area contributed by atoms with Crippen LogP contribution in [0.3, 0.4) is 0 Å². The number of rotatable bonds is 17. The van der Waals surface area contributed by atoms with Crippen molar-refractivity contribution in [2.24, 2.45) is 0 Å². The maximum atomic E-state index is 5.16. The van der Waals surface area contributed by atoms with Crippen LogP contribution in [0, 0.1) is 0 Å². The van der Waals surface area contributed by atoms with Gasteiger partial charge >= 0.3 is 0 Å². The summed E-state index contributed by atoms with van der Waals surface area (Å²) < 4.78 is 7.17. The molecule has 0 aliphatic heterocycles. The van der Waals surface area contributed by atoms with Gasteiger partial charge in [0.05, 0.1) is 44.5 Å². The van der Waals surface area contributed by atoms with Crippen molar-refractivity contribution in [3.05, 3.63) is 546 Å². The molecule has 0 aliphatic rings. The lowest BCUT2D eigenvalue weighted by Gasteiger charge is -2.15. The van der Waals surface area contributed by atoms with Crippen molar-refractivity contribution in [2.75, 3.05) is 0 Å². The van der Waals surface area contributed by atoms with Crippen molar-refractivity contribution in [3.8, 4) is 175 Å². The molecule has 28 rings (SSSR count). The summed E-state index contributed by atoms with van der Waals surface area (Å²) in [6.07, 6.45) is 0. The first-order chi connectivity index (χ1) is 73.9. The highest BCUT2D eigenvalue weighted by Crippen LogP contribution is 2.45. The highest BCUT2D eigenvalue weighted by molar-refractivity contribution is 6.16. The Morgan fingerprint density at radius 2 is 0.336 bits per heavy atom. The highest BCUT2D eigenvalue weighted by Gasteiger charge is 2.25. The Morgan fingerprint density at radius 3 is 0.678 bits per heavy atom. The number of fused-ring (bicyclic) bond motifs is 11. The third kappa shape index (κ3) is 17.2. The van der Waals surface area contributed by atoms with Crippen LogP contribution in [0.2, 0.25) is 0 Å². The smallest absolute Gasteiger partial charge is 0.164 e. The van der Waals surface area contributed by atoms with Crippen LogP contribution in [-0.4, -0.2) is 58.6 Å². The SMILES string of the molecule is c1ccc(-c2ccc(-c3ccc(-c4nc(-c5ccccc5)nc(-c5ccc(-n6c7ccccc7c7ccccc76)c6ccccc56)n4)cc3)cc2)cc1.c1ccc(-c2ccc3c(c2)c2ccccc2n3-c2ccc(-c3nc(-c4ccccc4)nc(-c4ccccc4)n3)c3ccccc23)cc1.c1ccc(-c2nc(-c3ccccc3)nc(-c3ccc(-c4ccc(-n5c6ccccc6c6cccc(-c7ccccc7)c65)cc4)cc3)n2)cc1. The Balaban J connectivity index is 0.000000113. The van der Waals surface area contributed by atoms with E-state index in [9.17, 15) is 0 Å². The molecule has 0 fully saturated rings. The van der Waals surface area contributed by atoms with Gasteiger partial charge in [0.25, 0.3) is 0 Å². The monoisotopic (exact) mass is 1900 g/mol. The van der Waals surface area contributed by atoms with Crippen LogP contribution in [0.15, 0.2) is 546 Å². The first-order valence-corrected chi connectivity index (χ1v) is 50.1. The zero-order valence-corrected chi connectivity index (χ0v) is 80.8. The van der Waals surface area contributed by atoms with Gasteiger partial charge in [-0.15, -0.1) is 0 Å². The third-order valence-electron chi connectivity index (χ3n) is 28.0. The van der Waals surface area contributed by atoms with E-state index in [1.807, 2.05) is 146 Å². The standard InChI is InChI=1S/C49H32N4.C45H30N4.C43H28N4/c1-3-13-33(14-4-1)34-23-25-35(26-24-34)36-27-29-38(30-28-36)48-50-47(37-15-5-2-6-16-37)51-49(52-48)43-31-32-46(40-18-8-7-17-39(40)43)53-44-21-11-9-19-41(44)42-20-10-12-22-45(42)53;1-4-13-33(14-5-1)38-20-12-21-40-39-19-10-11-22-41(39)49(42(38)40)37-29-27-32(28-30-37)31-23-25-36(26-24-31)45-47-43(34-15-6-2-7-16-34)46-44(48-45)35-17-8-3-9-18-35;1-4-14-29(15-5-1)32-24-26-40-37(28-32)35-22-12-13-23-38(35)47(40)39-27-25-36(33-20-10-11-21-34(33)39)43-45-41(30-16-6-2-7-17-30)44-42(46-43)31-18-8-3-9-19-31/h1-32H;1-30H;1-28H. The van der Waals surface area contributed by atoms with E-state index in [1.54, 1.807) is 0 Å². The Hall–Kier alpha value is -20.2. The Labute approximate surface area is 860 Å². The van der Waals surface area contributed by atoms with E-state index < -0.39 is 0 Å². The molecule has 0 atom stereocenters. The minimum atomic E-state index is 0.635. The molecule has 0 amide bonds. The largest absolute Gasteiger partial charge is 0.309 e. The van der Waals surface area contributed by atoms with E-state index in [0.29, 0.717) is 52.4 Å². The molecule has 0 spiro atoms. The summed E-state index contributed by atoms with van der Waals surface area (Å²) in [5.74, 6) is 5.83. The normalized spacial score (nSPS) is 11.4. The van der Waals surface area contributed by atoms with E-state index in [4.69, 9.17) is 44.9 Å². The van der Waals surface area contributed by atoms with Crippen LogP contribution in [0.25, 0.3) is 262 Å². The molecule has 28 aromatic rings. The van der Waals surface area contributed by atoms with E-state index >= 15 is 0 Å². The zero-order chi connectivity index (χ0) is 98.9. The number of benzene rings is 22. The van der Waals surface area contributed by atoms with E-state index in [2.05, 4.69) is 414 Å². The van der Waals surface area contributed by atoms with Crippen LogP contribution in [-0.2, 0) is 0 Å². The molecular formula is C137H90N12. The van der Waals surface area contributed by atoms with Crippen molar-refractivity contribution in [1.29, 1.82) is 0 Å². The van der Waals surface area contributed by atoms with Crippen molar-refractivity contribution < 1.29 is 0 Å². The predicted octanol–water partition coefficient (Wildman–Crippen LogP) is 34.6. The maximum absolute atomic E-state index is 5.16. The molecule has 149 heavy (non-hydrogen) atoms. The van der Waals surface area contributed by atoms with Crippen LogP contribution < -0.4 is 0 Å². The van der Waals surface area contributed by atoms with Gasteiger partial charge in [0.1, 0.15) is 0 Å². The minimum absolute atomic E-state index is 0.635. The minimum Gasteiger partial charge on any atom is -0.309 e. The van der Waals surface area contributed by atoms with E-state index in [0.717, 1.165) is 111 Å². The van der Waals surface area contributed by atoms with Crippen LogP contribution in [0.4, 0.5) is 0 Å². The number of nitrogens with zero attached hydrogens (tertiary/aromatic N) is 12. The summed E-state index contributed by atoms with van der Waals surface area (Å²) in [6, 6.07) is 191. The number of hydrogen-bond donors (Lipinski definition) is 0. The van der Waals surface area contributed by atoms with Gasteiger partial charge in [-0.25, -0.2) is 44.9 Å². The fraction of sp³-hybridized carbons (Fsp3) is 0. The lowest BCUT2D eigenvalue weighted by Crippen LogP contribution is -2.01. The van der Waals surface area contributed by atoms with Gasteiger partial charge in [-0.2, -0.15) is 0 Å². The second kappa shape index (κ2) is 39.2. The van der Waals surface area contributed by atoms with Crippen molar-refractivity contribution in [3.63, 3.8) is 0 Å². The van der Waals surface area contributed by atoms with Gasteiger partial charge in [0, 0.05) is 104 Å². The molecule has 0 unspecified atom stereocenters. The third-order valence-corrected chi connectivity index (χ3v) is 28.0. The highest BCUT2D eigenvalue weighted by atomic mass is 15.1. The van der Waals surface area contributed by atoms with Crippen molar-refractivity contribution >= 4 is 87.0 Å². The molecule has 12 heteroatoms. The number of para-hydroxylation sites is 5. The average molecular weight is 1900 g/mol. The quantitative estimate of drug-likeness (QED) is 0.0874. The molecule has 6 heterocycles. The summed E-state index contributed by atoms with van der Waals surface area (Å²) in [5.41, 5.74) is 30.9. The number of hydrogen-bond acceptors (Lipinski definition) is 9. The summed E-state index contributed by atoms with van der Waals surface area (Å²) in [5, 5.41) is 11.9. The Kier molecular flexibility index (Phi) is 23.4. The second-order valence-electron chi connectivity index (χ2n) is 37.0. The Morgan fingerprint density at radius 1 is 0.114 bits per heavy atom. The fourth-order valence-electron chi connectivity index (χ4n) is 20.8. The molecule has 698 valence electrons. The molecule has 0 bridgehead atoms. The van der Waals surface area contributed by atoms with Gasteiger partial charge in [-0.05, 0) is 134 Å². The van der Waals surface area contributed by atoms with Gasteiger partial charge in [0.15, 0.2) is 52.4 Å². The van der Waals surface area contributed by atoms with Crippen molar-refractivity contribution in [1.82, 2.24) is 58.6 Å². The van der Waals surface area contributed by atoms with Gasteiger partial charge < -0.3 is 13.7 Å². The molecule has 0 saturated carbocycles. The molecule has 0 radical (unpaired) electrons. The van der Waals surface area contributed by atoms with Crippen LogP contribution in [0.5, 0.6) is 0 Å². The molecule has 0 saturated heterocycles. The first kappa shape index (κ1) is 88.9. The predicted molar refractivity (Wildman–Crippen MR) is 614 cm³/mol. The van der Waals surface area contributed by atoms with Crippen LogP contribution in [0.1, 0.15) is 0 Å². The summed E-state index contributed by atoms with van der Waals surface area (Å²) in [7, 11) is 0. The van der Waals surface area contributed by atoms with Gasteiger partial charge in [-0.3, -0.25) is 0 Å². The molecule has 6 aromatic heterocycles. The topological polar surface area (TPSA) is 131 Å². The first-order valence-electron chi connectivity index (χ1n) is 50.1. The summed E-state index contributed by atoms with van der Waals surface area (Å²) in [6.45, 7) is 0. The molecule has 12 nitrogen and oxygen atoms in total. The lowest BCUT2D eigenvalue weighted by atomic mass is 9.99. The average Bonchev–Trinajstić information content (AvgIpc) is 1.59. The fourth-order valence-corrected chi connectivity index (χ4v) is 20.8. The van der Waals surface area contributed by atoms with Gasteiger partial charge in [-0.1, -0.05) is 473 Å². The molecular weight excluding hydrogens is 1810 g/mol. The van der Waals surface area contributed by atoms with Crippen molar-refractivity contribution in [2.45, 2.75) is 0 Å². The summed E-state index contributed by atoms with van der Waals surface area (Å²) in [4.78, 5) is 44.9. The zero-order valence-electron chi connectivity index (χ0n) is 80.8. The van der Waals surface area contributed by atoms with Crippen LogP contribution >= 0.6 is 0 Å². The summed E-state index contributed by atoms with van der Waals surface area (Å²) >= 11 is 0. The Bertz CT molecular complexity index is 9650. The molecule has 22 aromatic carbocycles. The molecule has 0 aliphatic carbocycles. The van der Waals surface area contributed by atoms with E-state index in [-0.39, 0.29) is 0 Å².